The maximum absolute atomic E-state index is 13.2. The van der Waals surface area contributed by atoms with Crippen molar-refractivity contribution >= 4 is 11.7 Å². The van der Waals surface area contributed by atoms with Crippen LogP contribution in [0.5, 0.6) is 0 Å². The number of amides is 1. The monoisotopic (exact) mass is 392 g/mol. The van der Waals surface area contributed by atoms with E-state index >= 15 is 0 Å². The van der Waals surface area contributed by atoms with Crippen molar-refractivity contribution in [2.24, 2.45) is 5.92 Å². The maximum Gasteiger partial charge on any atom is 0.230 e. The van der Waals surface area contributed by atoms with E-state index in [4.69, 9.17) is 4.74 Å². The Bertz CT molecular complexity index is 839. The first-order chi connectivity index (χ1) is 14.2. The zero-order valence-corrected chi connectivity index (χ0v) is 16.7. The number of benzene rings is 1. The van der Waals surface area contributed by atoms with E-state index in [9.17, 15) is 4.79 Å². The Morgan fingerprint density at radius 3 is 2.48 bits per heavy atom. The molecule has 3 aliphatic rings. The molecule has 1 N–H and O–H groups in total. The number of nitrogens with one attached hydrogen (secondary N) is 1. The van der Waals surface area contributed by atoms with Gasteiger partial charge in [-0.25, -0.2) is 0 Å². The van der Waals surface area contributed by atoms with Crippen LogP contribution in [0.15, 0.2) is 42.5 Å². The molecule has 2 saturated heterocycles. The molecule has 0 spiro atoms. The van der Waals surface area contributed by atoms with Gasteiger partial charge < -0.3 is 15.0 Å². The molecule has 29 heavy (non-hydrogen) atoms. The first-order valence-corrected chi connectivity index (χ1v) is 10.7. The third kappa shape index (κ3) is 3.73. The molecule has 1 amide bonds. The molecule has 152 valence electrons. The lowest BCUT2D eigenvalue weighted by Crippen LogP contribution is -2.55. The predicted molar refractivity (Wildman–Crippen MR) is 111 cm³/mol. The number of hydrogen-bond donors (Lipinski definition) is 1. The molecule has 1 aromatic heterocycles. The third-order valence-corrected chi connectivity index (χ3v) is 6.61. The van der Waals surface area contributed by atoms with Crippen molar-refractivity contribution < 1.29 is 9.53 Å². The number of nitrogens with zero attached hydrogens (tertiary/aromatic N) is 3. The SMILES string of the molecule is O=C(NCC1CN(c2ccc(C3CC3)nn2)C1)C1(c2ccccc2)CCOCC1. The molecule has 3 heterocycles. The minimum absolute atomic E-state index is 0.138. The van der Waals surface area contributed by atoms with E-state index in [0.717, 1.165) is 43.0 Å². The van der Waals surface area contributed by atoms with E-state index in [1.54, 1.807) is 0 Å². The van der Waals surface area contributed by atoms with E-state index < -0.39 is 5.41 Å². The number of carbonyl (C=O) groups is 1. The minimum Gasteiger partial charge on any atom is -0.381 e. The van der Waals surface area contributed by atoms with Crippen molar-refractivity contribution in [1.29, 1.82) is 0 Å². The van der Waals surface area contributed by atoms with Crippen LogP contribution in [0.2, 0.25) is 0 Å². The van der Waals surface area contributed by atoms with Crippen LogP contribution in [-0.4, -0.2) is 49.0 Å². The molecule has 1 saturated carbocycles. The third-order valence-electron chi connectivity index (χ3n) is 6.61. The second-order valence-corrected chi connectivity index (χ2v) is 8.63. The Hall–Kier alpha value is -2.47. The van der Waals surface area contributed by atoms with Gasteiger partial charge in [-0.05, 0) is 43.4 Å². The zero-order valence-electron chi connectivity index (χ0n) is 16.7. The number of ether oxygens (including phenoxy) is 1. The van der Waals surface area contributed by atoms with Crippen LogP contribution in [0.25, 0.3) is 0 Å². The Kier molecular flexibility index (Phi) is 4.96. The van der Waals surface area contributed by atoms with Crippen molar-refractivity contribution in [3.63, 3.8) is 0 Å². The molecule has 6 nitrogen and oxygen atoms in total. The molecule has 1 aromatic carbocycles. The van der Waals surface area contributed by atoms with Gasteiger partial charge in [0.25, 0.3) is 0 Å². The lowest BCUT2D eigenvalue weighted by Gasteiger charge is -2.41. The number of hydrogen-bond acceptors (Lipinski definition) is 5. The summed E-state index contributed by atoms with van der Waals surface area (Å²) in [6, 6.07) is 14.4. The highest BCUT2D eigenvalue weighted by Gasteiger charge is 2.42. The Morgan fingerprint density at radius 1 is 1.07 bits per heavy atom. The predicted octanol–water partition coefficient (Wildman–Crippen LogP) is 2.65. The highest BCUT2D eigenvalue weighted by atomic mass is 16.5. The van der Waals surface area contributed by atoms with E-state index in [1.165, 1.54) is 12.8 Å². The molecular formula is C23H28N4O2. The summed E-state index contributed by atoms with van der Waals surface area (Å²) in [7, 11) is 0. The summed E-state index contributed by atoms with van der Waals surface area (Å²) < 4.78 is 5.54. The number of carbonyl (C=O) groups excluding carboxylic acids is 1. The average molecular weight is 393 g/mol. The van der Waals surface area contributed by atoms with Crippen LogP contribution in [-0.2, 0) is 14.9 Å². The van der Waals surface area contributed by atoms with E-state index in [0.29, 0.717) is 31.6 Å². The second kappa shape index (κ2) is 7.75. The molecular weight excluding hydrogens is 364 g/mol. The quantitative estimate of drug-likeness (QED) is 0.819. The Balaban J connectivity index is 1.16. The fraction of sp³-hybridized carbons (Fsp3) is 0.522. The van der Waals surface area contributed by atoms with Crippen molar-refractivity contribution in [3.05, 3.63) is 53.7 Å². The molecule has 1 aliphatic carbocycles. The summed E-state index contributed by atoms with van der Waals surface area (Å²) in [5, 5.41) is 12.0. The first kappa shape index (κ1) is 18.6. The van der Waals surface area contributed by atoms with Crippen LogP contribution in [0.1, 0.15) is 42.9 Å². The Labute approximate surface area is 171 Å². The van der Waals surface area contributed by atoms with E-state index in [-0.39, 0.29) is 5.91 Å². The molecule has 6 heteroatoms. The molecule has 0 atom stereocenters. The van der Waals surface area contributed by atoms with Crippen molar-refractivity contribution in [2.75, 3.05) is 37.7 Å². The van der Waals surface area contributed by atoms with Gasteiger partial charge in [-0.1, -0.05) is 30.3 Å². The van der Waals surface area contributed by atoms with Crippen LogP contribution >= 0.6 is 0 Å². The molecule has 5 rings (SSSR count). The smallest absolute Gasteiger partial charge is 0.230 e. The summed E-state index contributed by atoms with van der Waals surface area (Å²) in [5.74, 6) is 2.18. The molecule has 2 aliphatic heterocycles. The van der Waals surface area contributed by atoms with E-state index in [2.05, 4.69) is 44.7 Å². The van der Waals surface area contributed by atoms with Gasteiger partial charge in [0.1, 0.15) is 0 Å². The topological polar surface area (TPSA) is 67.4 Å². The maximum atomic E-state index is 13.2. The zero-order chi connectivity index (χ0) is 19.7. The van der Waals surface area contributed by atoms with Gasteiger partial charge in [0.05, 0.1) is 11.1 Å². The van der Waals surface area contributed by atoms with Gasteiger partial charge in [0, 0.05) is 44.7 Å². The van der Waals surface area contributed by atoms with Gasteiger partial charge in [0.2, 0.25) is 5.91 Å². The van der Waals surface area contributed by atoms with Crippen LogP contribution in [0.3, 0.4) is 0 Å². The van der Waals surface area contributed by atoms with Gasteiger partial charge in [-0.3, -0.25) is 4.79 Å². The van der Waals surface area contributed by atoms with Crippen LogP contribution < -0.4 is 10.2 Å². The molecule has 2 aromatic rings. The van der Waals surface area contributed by atoms with Gasteiger partial charge in [0.15, 0.2) is 5.82 Å². The lowest BCUT2D eigenvalue weighted by molar-refractivity contribution is -0.130. The van der Waals surface area contributed by atoms with Gasteiger partial charge in [-0.2, -0.15) is 5.10 Å². The Morgan fingerprint density at radius 2 is 1.83 bits per heavy atom. The fourth-order valence-corrected chi connectivity index (χ4v) is 4.52. The number of aromatic nitrogens is 2. The molecule has 0 radical (unpaired) electrons. The molecule has 0 bridgehead atoms. The minimum atomic E-state index is -0.465. The van der Waals surface area contributed by atoms with Gasteiger partial charge >= 0.3 is 0 Å². The lowest BCUT2D eigenvalue weighted by atomic mass is 9.73. The second-order valence-electron chi connectivity index (χ2n) is 8.63. The molecule has 0 unspecified atom stereocenters. The van der Waals surface area contributed by atoms with Crippen LogP contribution in [0.4, 0.5) is 5.82 Å². The van der Waals surface area contributed by atoms with Crippen molar-refractivity contribution in [3.8, 4) is 0 Å². The molecule has 3 fully saturated rings. The summed E-state index contributed by atoms with van der Waals surface area (Å²) in [5.41, 5.74) is 1.76. The van der Waals surface area contributed by atoms with Crippen molar-refractivity contribution in [2.45, 2.75) is 37.0 Å². The normalized spacial score (nSPS) is 21.4. The van der Waals surface area contributed by atoms with Crippen molar-refractivity contribution in [1.82, 2.24) is 15.5 Å². The standard InChI is InChI=1S/C23H28N4O2/c28-22(23(10-12-29-13-11-23)19-4-2-1-3-5-19)24-14-17-15-27(16-17)21-9-8-20(25-26-21)18-6-7-18/h1-5,8-9,17-18H,6-7,10-16H2,(H,24,28). The summed E-state index contributed by atoms with van der Waals surface area (Å²) >= 11 is 0. The van der Waals surface area contributed by atoms with E-state index in [1.807, 2.05) is 18.2 Å². The van der Waals surface area contributed by atoms with Gasteiger partial charge in [-0.15, -0.1) is 5.10 Å². The fourth-order valence-electron chi connectivity index (χ4n) is 4.52. The highest BCUT2D eigenvalue weighted by molar-refractivity contribution is 5.88. The largest absolute Gasteiger partial charge is 0.381 e. The summed E-state index contributed by atoms with van der Waals surface area (Å²) in [6.07, 6.45) is 3.97. The summed E-state index contributed by atoms with van der Waals surface area (Å²) in [6.45, 7) is 3.81. The highest BCUT2D eigenvalue weighted by Crippen LogP contribution is 2.39. The summed E-state index contributed by atoms with van der Waals surface area (Å²) in [4.78, 5) is 15.5. The van der Waals surface area contributed by atoms with Crippen LogP contribution in [0, 0.1) is 5.92 Å². The average Bonchev–Trinajstić information content (AvgIpc) is 3.59. The number of anilines is 1. The first-order valence-electron chi connectivity index (χ1n) is 10.7. The number of rotatable bonds is 6.